The highest BCUT2D eigenvalue weighted by atomic mass is 35.7. The molecule has 0 aliphatic heterocycles. The van der Waals surface area contributed by atoms with Gasteiger partial charge in [0, 0.05) is 46.6 Å². The number of nitrogen functional groups attached to an aromatic ring is 1. The summed E-state index contributed by atoms with van der Waals surface area (Å²) >= 11 is 34.9. The molecule has 0 aliphatic rings. The summed E-state index contributed by atoms with van der Waals surface area (Å²) in [6, 6.07) is 20.7. The second kappa shape index (κ2) is 23.3. The van der Waals surface area contributed by atoms with E-state index in [0.717, 1.165) is 0 Å². The van der Waals surface area contributed by atoms with E-state index >= 15 is 0 Å². The van der Waals surface area contributed by atoms with E-state index in [0.29, 0.717) is 27.2 Å². The Labute approximate surface area is 396 Å². The average Bonchev–Trinajstić information content (AvgIpc) is 3.19. The molecule has 0 fully saturated rings. The van der Waals surface area contributed by atoms with Gasteiger partial charge in [0.05, 0.1) is 55.7 Å². The maximum absolute atomic E-state index is 12.8. The Kier molecular flexibility index (Phi) is 18.8. The summed E-state index contributed by atoms with van der Waals surface area (Å²) in [5, 5.41) is 0.750. The van der Waals surface area contributed by atoms with Crippen LogP contribution >= 0.6 is 80.3 Å². The largest absolute Gasteiger partial charge is 0.462 e. The molecule has 0 spiro atoms. The molecule has 4 aromatic carbocycles. The number of carbonyl (C=O) groups is 2. The van der Waals surface area contributed by atoms with Gasteiger partial charge in [-0.3, -0.25) is 14.7 Å². The van der Waals surface area contributed by atoms with Crippen molar-refractivity contribution in [3.05, 3.63) is 151 Å². The van der Waals surface area contributed by atoms with Gasteiger partial charge in [-0.05, 0) is 74.5 Å². The van der Waals surface area contributed by atoms with Crippen LogP contribution < -0.4 is 19.9 Å². The van der Waals surface area contributed by atoms with Crippen molar-refractivity contribution < 1.29 is 45.4 Å². The molecular formula is C40H31Cl7N4O10S2. The minimum Gasteiger partial charge on any atom is -0.462 e. The first-order valence-corrected chi connectivity index (χ1v) is 23.6. The normalized spacial score (nSPS) is 10.9. The van der Waals surface area contributed by atoms with Crippen LogP contribution in [0.25, 0.3) is 0 Å². The molecule has 23 heteroatoms. The van der Waals surface area contributed by atoms with E-state index in [1.807, 2.05) is 0 Å². The fourth-order valence-electron chi connectivity index (χ4n) is 4.87. The second-order valence-corrected chi connectivity index (χ2v) is 18.6. The van der Waals surface area contributed by atoms with Crippen LogP contribution in [0.4, 0.5) is 11.4 Å². The van der Waals surface area contributed by atoms with E-state index in [4.69, 9.17) is 105 Å². The SMILES string of the molecule is CCOC(=O)c1cc(N)ccc1Oc1cncc(Cl)c1.CCOC(=O)c1cc(NS(=O)(=O)c2c(Cl)cccc2Cl)ccc1Oc1cncc(Cl)c1.O=S(=O)(Cl)c1c(Cl)cccc1Cl. The molecule has 2 heterocycles. The first-order chi connectivity index (χ1) is 29.7. The highest BCUT2D eigenvalue weighted by molar-refractivity contribution is 8.14. The number of nitrogens with zero attached hydrogens (tertiary/aromatic N) is 2. The van der Waals surface area contributed by atoms with E-state index in [-0.39, 0.29) is 71.4 Å². The number of hydrogen-bond donors (Lipinski definition) is 2. The zero-order valence-electron chi connectivity index (χ0n) is 32.3. The lowest BCUT2D eigenvalue weighted by Crippen LogP contribution is -2.15. The summed E-state index contributed by atoms with van der Waals surface area (Å²) in [4.78, 5) is 31.6. The number of sulfonamides is 1. The van der Waals surface area contributed by atoms with E-state index < -0.39 is 31.0 Å². The molecule has 6 aromatic rings. The van der Waals surface area contributed by atoms with Crippen LogP contribution in [-0.2, 0) is 28.5 Å². The molecule has 14 nitrogen and oxygen atoms in total. The van der Waals surface area contributed by atoms with Gasteiger partial charge in [-0.1, -0.05) is 81.7 Å². The molecule has 0 bridgehead atoms. The predicted octanol–water partition coefficient (Wildman–Crippen LogP) is 12.0. The lowest BCUT2D eigenvalue weighted by Gasteiger charge is -2.14. The van der Waals surface area contributed by atoms with E-state index in [2.05, 4.69) is 14.7 Å². The molecule has 0 atom stereocenters. The Morgan fingerprint density at radius 1 is 0.603 bits per heavy atom. The number of nitrogens with two attached hydrogens (primary N) is 1. The van der Waals surface area contributed by atoms with Gasteiger partial charge in [-0.2, -0.15) is 0 Å². The maximum atomic E-state index is 12.8. The number of rotatable bonds is 12. The van der Waals surface area contributed by atoms with Crippen molar-refractivity contribution in [3.8, 4) is 23.0 Å². The third-order valence-electron chi connectivity index (χ3n) is 7.39. The fourth-order valence-corrected chi connectivity index (χ4v) is 9.73. The minimum atomic E-state index is -4.14. The highest BCUT2D eigenvalue weighted by Crippen LogP contribution is 2.35. The Hall–Kier alpha value is -4.75. The topological polar surface area (TPSA) is 203 Å². The third kappa shape index (κ3) is 14.9. The molecule has 2 aromatic heterocycles. The molecule has 0 unspecified atom stereocenters. The van der Waals surface area contributed by atoms with Crippen LogP contribution in [0.3, 0.4) is 0 Å². The fraction of sp³-hybridized carbons (Fsp3) is 0.100. The lowest BCUT2D eigenvalue weighted by atomic mass is 10.2. The summed E-state index contributed by atoms with van der Waals surface area (Å²) in [6.07, 6.45) is 5.83. The van der Waals surface area contributed by atoms with Crippen LogP contribution in [0.1, 0.15) is 34.6 Å². The Morgan fingerprint density at radius 3 is 1.44 bits per heavy atom. The van der Waals surface area contributed by atoms with Gasteiger partial charge in [0.1, 0.15) is 43.9 Å². The Morgan fingerprint density at radius 2 is 1.03 bits per heavy atom. The van der Waals surface area contributed by atoms with Gasteiger partial charge < -0.3 is 24.7 Å². The molecule has 0 amide bonds. The standard InChI is InChI=1S/C20H15Cl3N2O5S.C14H13ClN2O3.C6H3Cl3O2S/c1-2-29-20(26)15-9-13(6-7-18(15)30-14-8-12(21)10-24-11-14)25-31(27,28)19-16(22)4-3-5-17(19)23;1-2-19-14(18)12-6-10(16)3-4-13(12)20-11-5-9(15)7-17-8-11;7-4-2-1-3-5(8)6(4)12(9,10)11/h3-11,25H,2H2,1H3;3-8H,2,16H2,1H3;1-3H. The van der Waals surface area contributed by atoms with Gasteiger partial charge in [0.25, 0.3) is 19.1 Å². The molecule has 6 rings (SSSR count). The van der Waals surface area contributed by atoms with Crippen molar-refractivity contribution in [2.24, 2.45) is 0 Å². The molecule has 0 aliphatic carbocycles. The number of pyridine rings is 2. The number of benzene rings is 4. The van der Waals surface area contributed by atoms with Gasteiger partial charge in [-0.25, -0.2) is 26.4 Å². The lowest BCUT2D eigenvalue weighted by molar-refractivity contribution is 0.0513. The Balaban J connectivity index is 0.000000232. The highest BCUT2D eigenvalue weighted by Gasteiger charge is 2.24. The van der Waals surface area contributed by atoms with Crippen molar-refractivity contribution in [2.75, 3.05) is 23.7 Å². The van der Waals surface area contributed by atoms with E-state index in [1.54, 1.807) is 32.0 Å². The number of hydrogen-bond acceptors (Lipinski definition) is 13. The van der Waals surface area contributed by atoms with Crippen molar-refractivity contribution >= 4 is 123 Å². The molecular weight excluding hydrogens is 1010 g/mol. The van der Waals surface area contributed by atoms with E-state index in [9.17, 15) is 26.4 Å². The summed E-state index contributed by atoms with van der Waals surface area (Å²) < 4.78 is 71.1. The number of carbonyl (C=O) groups excluding carboxylic acids is 2. The zero-order chi connectivity index (χ0) is 46.5. The molecule has 0 radical (unpaired) electrons. The summed E-state index contributed by atoms with van der Waals surface area (Å²) in [7, 11) is -2.92. The number of nitrogens with one attached hydrogen (secondary N) is 1. The summed E-state index contributed by atoms with van der Waals surface area (Å²) in [5.41, 5.74) is 6.46. The smallest absolute Gasteiger partial charge is 0.342 e. The van der Waals surface area contributed by atoms with Crippen LogP contribution in [0.15, 0.2) is 120 Å². The Bertz CT molecular complexity index is 2800. The number of halogens is 7. The summed E-state index contributed by atoms with van der Waals surface area (Å²) in [5.74, 6) is -0.0286. The van der Waals surface area contributed by atoms with Crippen LogP contribution in [0, 0.1) is 0 Å². The first-order valence-electron chi connectivity index (χ1n) is 17.5. The average molecular weight is 1040 g/mol. The first kappa shape index (κ1) is 50.9. The minimum absolute atomic E-state index is 0.00715. The molecule has 0 saturated heterocycles. The second-order valence-electron chi connectivity index (χ2n) is 11.9. The van der Waals surface area contributed by atoms with E-state index in [1.165, 1.54) is 91.5 Å². The number of ether oxygens (including phenoxy) is 4. The van der Waals surface area contributed by atoms with Gasteiger partial charge >= 0.3 is 11.9 Å². The van der Waals surface area contributed by atoms with Gasteiger partial charge in [0.2, 0.25) is 0 Å². The van der Waals surface area contributed by atoms with Crippen molar-refractivity contribution in [2.45, 2.75) is 23.6 Å². The summed E-state index contributed by atoms with van der Waals surface area (Å²) in [6.45, 7) is 3.75. The van der Waals surface area contributed by atoms with Crippen molar-refractivity contribution in [3.63, 3.8) is 0 Å². The number of aromatic nitrogens is 2. The van der Waals surface area contributed by atoms with Gasteiger partial charge in [0.15, 0.2) is 0 Å². The molecule has 63 heavy (non-hydrogen) atoms. The number of esters is 2. The zero-order valence-corrected chi connectivity index (χ0v) is 39.2. The predicted molar refractivity (Wildman–Crippen MR) is 245 cm³/mol. The van der Waals surface area contributed by atoms with Crippen LogP contribution in [0.2, 0.25) is 30.1 Å². The molecule has 3 N–H and O–H groups in total. The molecule has 0 saturated carbocycles. The van der Waals surface area contributed by atoms with Crippen molar-refractivity contribution in [1.29, 1.82) is 0 Å². The molecule has 332 valence electrons. The quantitative estimate of drug-likeness (QED) is 0.0666. The van der Waals surface area contributed by atoms with Crippen LogP contribution in [-0.4, -0.2) is 52.0 Å². The van der Waals surface area contributed by atoms with Gasteiger partial charge in [-0.15, -0.1) is 0 Å². The third-order valence-corrected chi connectivity index (χ3v) is 12.4. The van der Waals surface area contributed by atoms with Crippen molar-refractivity contribution in [1.82, 2.24) is 9.97 Å². The monoisotopic (exact) mass is 1040 g/mol. The maximum Gasteiger partial charge on any atom is 0.342 e. The van der Waals surface area contributed by atoms with Crippen LogP contribution in [0.5, 0.6) is 23.0 Å². The number of anilines is 2.